The maximum Gasteiger partial charge on any atom is 0.255 e. The van der Waals surface area contributed by atoms with E-state index < -0.39 is 5.91 Å². The van der Waals surface area contributed by atoms with Crippen LogP contribution in [0.15, 0.2) is 58.3 Å². The first kappa shape index (κ1) is 14.4. The van der Waals surface area contributed by atoms with Crippen LogP contribution in [0.3, 0.4) is 0 Å². The molecule has 1 aliphatic heterocycles. The third kappa shape index (κ3) is 2.89. The van der Waals surface area contributed by atoms with Gasteiger partial charge in [-0.1, -0.05) is 42.1 Å². The highest BCUT2D eigenvalue weighted by Gasteiger charge is 2.25. The minimum Gasteiger partial charge on any atom is -0.483 e. The molecule has 1 aliphatic rings. The first-order valence-corrected chi connectivity index (χ1v) is 7.50. The van der Waals surface area contributed by atoms with Gasteiger partial charge in [0.1, 0.15) is 5.75 Å². The number of allylic oxidation sites excluding steroid dienone is 1. The van der Waals surface area contributed by atoms with Crippen molar-refractivity contribution < 1.29 is 14.3 Å². The van der Waals surface area contributed by atoms with Gasteiger partial charge in [0.25, 0.3) is 5.91 Å². The Hall–Kier alpha value is -2.53. The number of fused-ring (bicyclic) bond motifs is 1. The number of carbonyl (C=O) groups excluding carboxylic acids is 2. The highest BCUT2D eigenvalue weighted by atomic mass is 32.2. The smallest absolute Gasteiger partial charge is 0.255 e. The molecule has 2 aromatic rings. The molecule has 0 atom stereocenters. The molecule has 0 aliphatic carbocycles. The van der Waals surface area contributed by atoms with E-state index in [2.05, 4.69) is 0 Å². The molecule has 3 rings (SSSR count). The summed E-state index contributed by atoms with van der Waals surface area (Å²) in [5, 5.41) is 0. The Morgan fingerprint density at radius 1 is 1.14 bits per heavy atom. The Bertz CT molecular complexity index is 783. The maximum absolute atomic E-state index is 12.4. The van der Waals surface area contributed by atoms with E-state index in [0.29, 0.717) is 16.2 Å². The number of carbonyl (C=O) groups is 2. The van der Waals surface area contributed by atoms with Crippen LogP contribution in [0.25, 0.3) is 6.08 Å². The molecule has 0 fully saturated rings. The van der Waals surface area contributed by atoms with Gasteiger partial charge in [-0.15, -0.1) is 0 Å². The van der Waals surface area contributed by atoms with Crippen LogP contribution in [0.4, 0.5) is 0 Å². The molecular weight excluding hydrogens is 298 g/mol. The van der Waals surface area contributed by atoms with Crippen LogP contribution in [-0.4, -0.2) is 18.3 Å². The van der Waals surface area contributed by atoms with Crippen LogP contribution in [0.1, 0.15) is 15.9 Å². The molecule has 0 saturated carbocycles. The molecule has 110 valence electrons. The summed E-state index contributed by atoms with van der Waals surface area (Å²) in [7, 11) is 0. The van der Waals surface area contributed by atoms with Gasteiger partial charge in [-0.25, -0.2) is 0 Å². The Balaban J connectivity index is 1.91. The highest BCUT2D eigenvalue weighted by molar-refractivity contribution is 8.04. The molecular formula is C17H13NO3S. The van der Waals surface area contributed by atoms with Gasteiger partial charge < -0.3 is 10.5 Å². The lowest BCUT2D eigenvalue weighted by Gasteiger charge is -2.07. The summed E-state index contributed by atoms with van der Waals surface area (Å²) >= 11 is 1.44. The first-order valence-electron chi connectivity index (χ1n) is 6.68. The fourth-order valence-electron chi connectivity index (χ4n) is 2.16. The zero-order valence-corrected chi connectivity index (χ0v) is 12.4. The predicted octanol–water partition coefficient (Wildman–Crippen LogP) is 2.88. The van der Waals surface area contributed by atoms with Crippen molar-refractivity contribution in [3.05, 3.63) is 64.6 Å². The number of hydrogen-bond donors (Lipinski definition) is 1. The summed E-state index contributed by atoms with van der Waals surface area (Å²) in [4.78, 5) is 24.8. The topological polar surface area (TPSA) is 69.4 Å². The molecule has 1 amide bonds. The van der Waals surface area contributed by atoms with E-state index >= 15 is 0 Å². The van der Waals surface area contributed by atoms with Gasteiger partial charge in [0.15, 0.2) is 6.61 Å². The number of ether oxygens (including phenoxy) is 1. The Kier molecular flexibility index (Phi) is 3.98. The average Bonchev–Trinajstić information content (AvgIpc) is 2.83. The number of nitrogens with two attached hydrogens (primary N) is 1. The van der Waals surface area contributed by atoms with Crippen LogP contribution in [0.2, 0.25) is 0 Å². The molecule has 0 spiro atoms. The number of para-hydroxylation sites is 1. The molecule has 0 saturated heterocycles. The highest BCUT2D eigenvalue weighted by Crippen LogP contribution is 2.41. The summed E-state index contributed by atoms with van der Waals surface area (Å²) in [6, 6.07) is 14.7. The van der Waals surface area contributed by atoms with Gasteiger partial charge in [-0.2, -0.15) is 0 Å². The number of hydrogen-bond acceptors (Lipinski definition) is 4. The zero-order chi connectivity index (χ0) is 15.5. The molecule has 0 aromatic heterocycles. The van der Waals surface area contributed by atoms with Crippen molar-refractivity contribution in [3.8, 4) is 5.75 Å². The lowest BCUT2D eigenvalue weighted by Crippen LogP contribution is -2.20. The normalized spacial score (nSPS) is 14.9. The second-order valence-corrected chi connectivity index (χ2v) is 5.81. The van der Waals surface area contributed by atoms with E-state index in [1.54, 1.807) is 18.2 Å². The number of rotatable bonds is 4. The number of ketones is 1. The van der Waals surface area contributed by atoms with E-state index in [0.717, 1.165) is 10.5 Å². The second-order valence-electron chi connectivity index (χ2n) is 4.73. The van der Waals surface area contributed by atoms with Crippen molar-refractivity contribution in [2.45, 2.75) is 4.90 Å². The fraction of sp³-hybridized carbons (Fsp3) is 0.0588. The molecule has 2 N–H and O–H groups in total. The molecule has 1 heterocycles. The number of thioether (sulfide) groups is 1. The van der Waals surface area contributed by atoms with Crippen molar-refractivity contribution in [1.82, 2.24) is 0 Å². The predicted molar refractivity (Wildman–Crippen MR) is 85.7 cm³/mol. The molecule has 0 bridgehead atoms. The fourth-order valence-corrected chi connectivity index (χ4v) is 3.20. The average molecular weight is 311 g/mol. The van der Waals surface area contributed by atoms with Crippen molar-refractivity contribution >= 4 is 29.5 Å². The van der Waals surface area contributed by atoms with Crippen LogP contribution >= 0.6 is 11.8 Å². The van der Waals surface area contributed by atoms with Gasteiger partial charge in [-0.05, 0) is 24.3 Å². The first-order chi connectivity index (χ1) is 10.6. The SMILES string of the molecule is NC(=O)COc1ccccc1C=C1Sc2ccccc2C1=O. The van der Waals surface area contributed by atoms with E-state index in [1.165, 1.54) is 11.8 Å². The summed E-state index contributed by atoms with van der Waals surface area (Å²) < 4.78 is 5.38. The zero-order valence-electron chi connectivity index (χ0n) is 11.6. The van der Waals surface area contributed by atoms with Gasteiger partial charge in [0.2, 0.25) is 5.78 Å². The maximum atomic E-state index is 12.4. The van der Waals surface area contributed by atoms with Gasteiger partial charge in [0.05, 0.1) is 4.91 Å². The second kappa shape index (κ2) is 6.07. The quantitative estimate of drug-likeness (QED) is 0.882. The van der Waals surface area contributed by atoms with Crippen LogP contribution < -0.4 is 10.5 Å². The van der Waals surface area contributed by atoms with Crippen molar-refractivity contribution in [3.63, 3.8) is 0 Å². The van der Waals surface area contributed by atoms with E-state index in [4.69, 9.17) is 10.5 Å². The monoisotopic (exact) mass is 311 g/mol. The van der Waals surface area contributed by atoms with Crippen LogP contribution in [0.5, 0.6) is 5.75 Å². The Morgan fingerprint density at radius 3 is 2.64 bits per heavy atom. The van der Waals surface area contributed by atoms with Crippen molar-refractivity contribution in [1.29, 1.82) is 0 Å². The van der Waals surface area contributed by atoms with E-state index in [9.17, 15) is 9.59 Å². The number of amides is 1. The van der Waals surface area contributed by atoms with Gasteiger partial charge in [0, 0.05) is 16.0 Å². The third-order valence-electron chi connectivity index (χ3n) is 3.15. The summed E-state index contributed by atoms with van der Waals surface area (Å²) in [6.45, 7) is -0.193. The minimum atomic E-state index is -0.541. The summed E-state index contributed by atoms with van der Waals surface area (Å²) in [5.74, 6) is -0.00959. The summed E-state index contributed by atoms with van der Waals surface area (Å²) in [5.41, 5.74) is 6.56. The van der Waals surface area contributed by atoms with Gasteiger partial charge in [-0.3, -0.25) is 9.59 Å². The molecule has 5 heteroatoms. The van der Waals surface area contributed by atoms with Crippen LogP contribution in [0, 0.1) is 0 Å². The minimum absolute atomic E-state index is 0.00491. The summed E-state index contributed by atoms with van der Waals surface area (Å²) in [6.07, 6.45) is 1.78. The largest absolute Gasteiger partial charge is 0.483 e. The Labute approximate surface area is 132 Å². The molecule has 0 radical (unpaired) electrons. The van der Waals surface area contributed by atoms with Crippen molar-refractivity contribution in [2.75, 3.05) is 6.61 Å². The molecule has 22 heavy (non-hydrogen) atoms. The van der Waals surface area contributed by atoms with Crippen LogP contribution in [-0.2, 0) is 4.79 Å². The molecule has 0 unspecified atom stereocenters. The molecule has 2 aromatic carbocycles. The van der Waals surface area contributed by atoms with E-state index in [-0.39, 0.29) is 12.4 Å². The third-order valence-corrected chi connectivity index (χ3v) is 4.25. The number of benzene rings is 2. The van der Waals surface area contributed by atoms with Crippen molar-refractivity contribution in [2.24, 2.45) is 5.73 Å². The molecule has 4 nitrogen and oxygen atoms in total. The number of Topliss-reactive ketones (excluding diaryl/α,β-unsaturated/α-hetero) is 1. The lowest BCUT2D eigenvalue weighted by atomic mass is 10.1. The Morgan fingerprint density at radius 2 is 1.86 bits per heavy atom. The number of primary amides is 1. The van der Waals surface area contributed by atoms with E-state index in [1.807, 2.05) is 36.4 Å². The standard InChI is InChI=1S/C17H13NO3S/c18-16(19)10-21-13-7-3-1-5-11(13)9-15-17(20)12-6-2-4-8-14(12)22-15/h1-9H,10H2,(H2,18,19). The van der Waals surface area contributed by atoms with Gasteiger partial charge >= 0.3 is 0 Å². The lowest BCUT2D eigenvalue weighted by molar-refractivity contribution is -0.119.